The van der Waals surface area contributed by atoms with E-state index in [1.165, 1.54) is 29.3 Å². The maximum Gasteiger partial charge on any atom is 0.262 e. The SMILES string of the molecule is C=CCCC(C(=O)NC)N1C(=O)c2cc3c(cc2C1=O)CC1(C3)CN(C(=O)CN2CC(Oc3ccc(C4c5ccc(O)cc5CCC4c4ccccc4)cc3)C2)C1. The van der Waals surface area contributed by atoms with Crippen LogP contribution in [0.1, 0.15) is 85.2 Å². The van der Waals surface area contributed by atoms with E-state index in [2.05, 4.69) is 77.5 Å². The van der Waals surface area contributed by atoms with Crippen molar-refractivity contribution in [3.8, 4) is 11.5 Å². The molecule has 1 spiro atoms. The van der Waals surface area contributed by atoms with E-state index in [-0.39, 0.29) is 29.3 Å². The number of benzene rings is 4. The van der Waals surface area contributed by atoms with Gasteiger partial charge in [-0.15, -0.1) is 6.58 Å². The number of phenolic OH excluding ortho intramolecular Hbond substituents is 1. The number of hydrogen-bond acceptors (Lipinski definition) is 7. The quantitative estimate of drug-likeness (QED) is 0.150. The molecule has 9 rings (SSSR count). The van der Waals surface area contributed by atoms with Crippen LogP contribution in [0.3, 0.4) is 0 Å². The molecule has 0 aromatic heterocycles. The average molecular weight is 765 g/mol. The van der Waals surface area contributed by atoms with E-state index < -0.39 is 17.9 Å². The summed E-state index contributed by atoms with van der Waals surface area (Å²) < 4.78 is 6.34. The third-order valence-electron chi connectivity index (χ3n) is 12.9. The van der Waals surface area contributed by atoms with E-state index >= 15 is 0 Å². The first-order valence-corrected chi connectivity index (χ1v) is 20.1. The van der Waals surface area contributed by atoms with Gasteiger partial charge in [-0.1, -0.05) is 54.6 Å². The van der Waals surface area contributed by atoms with E-state index in [0.29, 0.717) is 68.4 Å². The van der Waals surface area contributed by atoms with Crippen LogP contribution < -0.4 is 10.1 Å². The van der Waals surface area contributed by atoms with Gasteiger partial charge in [0.05, 0.1) is 17.7 Å². The fourth-order valence-electron chi connectivity index (χ4n) is 10.1. The van der Waals surface area contributed by atoms with Crippen LogP contribution in [0.15, 0.2) is 97.6 Å². The molecule has 3 aliphatic heterocycles. The number of allylic oxidation sites excluding steroid dienone is 1. The molecule has 10 nitrogen and oxygen atoms in total. The van der Waals surface area contributed by atoms with Crippen molar-refractivity contribution < 1.29 is 29.0 Å². The predicted octanol–water partition coefficient (Wildman–Crippen LogP) is 5.62. The topological polar surface area (TPSA) is 119 Å². The zero-order chi connectivity index (χ0) is 39.4. The van der Waals surface area contributed by atoms with Gasteiger partial charge in [0.1, 0.15) is 23.6 Å². The molecule has 0 radical (unpaired) electrons. The lowest BCUT2D eigenvalue weighted by molar-refractivity contribution is -0.146. The zero-order valence-corrected chi connectivity index (χ0v) is 32.3. The van der Waals surface area contributed by atoms with Crippen molar-refractivity contribution in [3.05, 3.63) is 142 Å². The molecule has 292 valence electrons. The minimum Gasteiger partial charge on any atom is -0.508 e. The molecule has 4 amide bonds. The summed E-state index contributed by atoms with van der Waals surface area (Å²) in [7, 11) is 1.50. The smallest absolute Gasteiger partial charge is 0.262 e. The first-order chi connectivity index (χ1) is 27.6. The van der Waals surface area contributed by atoms with Gasteiger partial charge in [-0.05, 0) is 114 Å². The van der Waals surface area contributed by atoms with Crippen molar-refractivity contribution in [2.24, 2.45) is 5.41 Å². The third-order valence-corrected chi connectivity index (χ3v) is 12.9. The van der Waals surface area contributed by atoms with Gasteiger partial charge in [0.15, 0.2) is 0 Å². The summed E-state index contributed by atoms with van der Waals surface area (Å²) in [5, 5.41) is 12.8. The fraction of sp³-hybridized carbons (Fsp3) is 0.362. The maximum atomic E-state index is 13.5. The Bertz CT molecular complexity index is 2210. The molecule has 2 N–H and O–H groups in total. The summed E-state index contributed by atoms with van der Waals surface area (Å²) in [5.74, 6) is 0.523. The first kappa shape index (κ1) is 36.9. The van der Waals surface area contributed by atoms with Crippen LogP contribution in [0.4, 0.5) is 0 Å². The third kappa shape index (κ3) is 6.69. The number of likely N-dealkylation sites (N-methyl/N-ethyl adjacent to an activating group) is 1. The Morgan fingerprint density at radius 1 is 0.912 bits per heavy atom. The number of fused-ring (bicyclic) bond motifs is 3. The normalized spacial score (nSPS) is 21.3. The summed E-state index contributed by atoms with van der Waals surface area (Å²) in [6, 6.07) is 27.7. The lowest BCUT2D eigenvalue weighted by Crippen LogP contribution is -2.63. The Morgan fingerprint density at radius 2 is 1.60 bits per heavy atom. The second-order valence-corrected chi connectivity index (χ2v) is 16.7. The number of amides is 4. The molecule has 2 saturated heterocycles. The second kappa shape index (κ2) is 14.6. The second-order valence-electron chi connectivity index (χ2n) is 16.7. The first-order valence-electron chi connectivity index (χ1n) is 20.1. The van der Waals surface area contributed by atoms with E-state index in [9.17, 15) is 24.3 Å². The Labute approximate surface area is 333 Å². The highest BCUT2D eigenvalue weighted by atomic mass is 16.5. The van der Waals surface area contributed by atoms with Crippen LogP contribution in [0, 0.1) is 5.41 Å². The van der Waals surface area contributed by atoms with Crippen molar-refractivity contribution in [3.63, 3.8) is 0 Å². The van der Waals surface area contributed by atoms with Gasteiger partial charge in [0.2, 0.25) is 11.8 Å². The predicted molar refractivity (Wildman–Crippen MR) is 215 cm³/mol. The number of aromatic hydroxyl groups is 1. The summed E-state index contributed by atoms with van der Waals surface area (Å²) >= 11 is 0. The average Bonchev–Trinajstić information content (AvgIpc) is 3.69. The number of nitrogens with one attached hydrogen (secondary N) is 1. The number of phenols is 1. The minimum atomic E-state index is -0.884. The molecule has 10 heteroatoms. The number of nitrogens with zero attached hydrogens (tertiary/aromatic N) is 3. The number of ether oxygens (including phenoxy) is 1. The minimum absolute atomic E-state index is 0.0167. The maximum absolute atomic E-state index is 13.5. The van der Waals surface area contributed by atoms with Crippen LogP contribution in [-0.4, -0.2) is 95.4 Å². The van der Waals surface area contributed by atoms with Crippen molar-refractivity contribution in [2.75, 3.05) is 39.8 Å². The van der Waals surface area contributed by atoms with Crippen molar-refractivity contribution in [1.29, 1.82) is 0 Å². The van der Waals surface area contributed by atoms with Crippen molar-refractivity contribution in [2.45, 2.75) is 62.5 Å². The molecule has 57 heavy (non-hydrogen) atoms. The van der Waals surface area contributed by atoms with Gasteiger partial charge in [0.25, 0.3) is 11.8 Å². The van der Waals surface area contributed by atoms with Crippen LogP contribution >= 0.6 is 0 Å². The number of rotatable bonds is 11. The number of aryl methyl sites for hydroxylation is 1. The van der Waals surface area contributed by atoms with Gasteiger partial charge >= 0.3 is 0 Å². The number of hydrogen-bond donors (Lipinski definition) is 2. The van der Waals surface area contributed by atoms with Gasteiger partial charge in [0, 0.05) is 44.6 Å². The summed E-state index contributed by atoms with van der Waals surface area (Å²) in [4.78, 5) is 58.1. The van der Waals surface area contributed by atoms with E-state index in [0.717, 1.165) is 47.5 Å². The van der Waals surface area contributed by atoms with Gasteiger partial charge in [-0.25, -0.2) is 0 Å². The van der Waals surface area contributed by atoms with Gasteiger partial charge in [-0.3, -0.25) is 29.0 Å². The van der Waals surface area contributed by atoms with E-state index in [1.807, 2.05) is 23.1 Å². The molecule has 0 bridgehead atoms. The van der Waals surface area contributed by atoms with Crippen LogP contribution in [0.25, 0.3) is 0 Å². The van der Waals surface area contributed by atoms with Gasteiger partial charge < -0.3 is 20.1 Å². The Morgan fingerprint density at radius 3 is 2.25 bits per heavy atom. The molecule has 5 aliphatic rings. The summed E-state index contributed by atoms with van der Waals surface area (Å²) in [5.41, 5.74) is 7.75. The highest BCUT2D eigenvalue weighted by Crippen LogP contribution is 2.48. The van der Waals surface area contributed by atoms with Crippen LogP contribution in [-0.2, 0) is 28.9 Å². The van der Waals surface area contributed by atoms with E-state index in [4.69, 9.17) is 4.74 Å². The molecular weight excluding hydrogens is 717 g/mol. The van der Waals surface area contributed by atoms with Crippen molar-refractivity contribution in [1.82, 2.24) is 20.0 Å². The molecule has 4 aromatic carbocycles. The molecule has 3 unspecified atom stereocenters. The van der Waals surface area contributed by atoms with Crippen molar-refractivity contribution >= 4 is 23.6 Å². The lowest BCUT2D eigenvalue weighted by atomic mass is 9.69. The lowest BCUT2D eigenvalue weighted by Gasteiger charge is -2.49. The highest BCUT2D eigenvalue weighted by molar-refractivity contribution is 6.23. The standard InChI is InChI=1S/C47H48N4O6/c1-3-4-10-41(44(54)48-2)51-45(55)39-20-32-22-47(23-33(32)21-40(39)46(51)56)27-50(28-47)42(53)26-49-24-36(25-49)57-35-15-11-30(12-16-35)43-37(29-8-6-5-7-9-29)17-13-31-19-34(52)14-18-38(31)43/h3,5-9,11-12,14-16,18-21,36-37,41,43,52H,1,4,10,13,17,22-28H2,2H3,(H,48,54). The molecule has 3 heterocycles. The Hall–Kier alpha value is -5.74. The number of carbonyl (C=O) groups excluding carboxylic acids is 4. The number of likely N-dealkylation sites (tertiary alicyclic amines) is 2. The van der Waals surface area contributed by atoms with Crippen LogP contribution in [0.5, 0.6) is 11.5 Å². The van der Waals surface area contributed by atoms with Crippen LogP contribution in [0.2, 0.25) is 0 Å². The number of carbonyl (C=O) groups is 4. The summed E-state index contributed by atoms with van der Waals surface area (Å²) in [6.45, 7) is 6.74. The molecule has 4 aromatic rings. The zero-order valence-electron chi connectivity index (χ0n) is 32.3. The highest BCUT2D eigenvalue weighted by Gasteiger charge is 2.51. The molecule has 2 aliphatic carbocycles. The van der Waals surface area contributed by atoms with E-state index in [1.54, 1.807) is 12.1 Å². The largest absolute Gasteiger partial charge is 0.508 e. The molecular formula is C47H48N4O6. The summed E-state index contributed by atoms with van der Waals surface area (Å²) in [6.07, 6.45) is 5.96. The molecule has 3 atom stereocenters. The Kier molecular flexibility index (Phi) is 9.47. The molecule has 2 fully saturated rings. The Balaban J connectivity index is 0.773. The number of imide groups is 1. The molecule has 0 saturated carbocycles. The fourth-order valence-corrected chi connectivity index (χ4v) is 10.1. The monoisotopic (exact) mass is 764 g/mol. The van der Waals surface area contributed by atoms with Gasteiger partial charge in [-0.2, -0.15) is 0 Å².